The van der Waals surface area contributed by atoms with Crippen molar-refractivity contribution in [2.24, 2.45) is 7.05 Å². The largest absolute Gasteiger partial charge is 0.321 e. The number of anilines is 1. The molecule has 0 fully saturated rings. The zero-order chi connectivity index (χ0) is 13.1. The van der Waals surface area contributed by atoms with Gasteiger partial charge in [-0.2, -0.15) is 5.10 Å². The van der Waals surface area contributed by atoms with Crippen LogP contribution in [-0.4, -0.2) is 15.7 Å². The predicted octanol–water partition coefficient (Wildman–Crippen LogP) is 2.89. The highest BCUT2D eigenvalue weighted by Gasteiger charge is 2.15. The second-order valence-electron chi connectivity index (χ2n) is 3.97. The fourth-order valence-electron chi connectivity index (χ4n) is 1.73. The first-order chi connectivity index (χ1) is 8.61. The molecular weight excluding hydrogens is 250 g/mol. The molecule has 1 aromatic heterocycles. The van der Waals surface area contributed by atoms with Gasteiger partial charge in [-0.15, -0.1) is 0 Å². The Balaban J connectivity index is 2.21. The Labute approximate surface area is 111 Å². The zero-order valence-corrected chi connectivity index (χ0v) is 11.0. The molecule has 0 aliphatic heterocycles. The molecule has 94 valence electrons. The number of carbonyl (C=O) groups excluding carboxylic acids is 1. The molecule has 1 amide bonds. The van der Waals surface area contributed by atoms with Crippen LogP contribution in [0.25, 0.3) is 0 Å². The van der Waals surface area contributed by atoms with Gasteiger partial charge in [0.15, 0.2) is 0 Å². The number of benzene rings is 1. The average molecular weight is 264 g/mol. The van der Waals surface area contributed by atoms with Gasteiger partial charge in [0.1, 0.15) is 5.69 Å². The molecule has 18 heavy (non-hydrogen) atoms. The number of aromatic nitrogens is 2. The molecule has 0 aliphatic rings. The van der Waals surface area contributed by atoms with Gasteiger partial charge in [-0.05, 0) is 24.1 Å². The van der Waals surface area contributed by atoms with E-state index in [-0.39, 0.29) is 5.91 Å². The van der Waals surface area contributed by atoms with Gasteiger partial charge in [-0.1, -0.05) is 30.7 Å². The molecular formula is C13H14ClN3O. The summed E-state index contributed by atoms with van der Waals surface area (Å²) in [6, 6.07) is 7.73. The van der Waals surface area contributed by atoms with E-state index < -0.39 is 0 Å². The summed E-state index contributed by atoms with van der Waals surface area (Å²) in [7, 11) is 1.68. The number of carbonyl (C=O) groups is 1. The number of nitrogens with zero attached hydrogens (tertiary/aromatic N) is 2. The minimum atomic E-state index is -0.256. The van der Waals surface area contributed by atoms with Crippen molar-refractivity contribution >= 4 is 23.2 Å². The smallest absolute Gasteiger partial charge is 0.275 e. The van der Waals surface area contributed by atoms with E-state index in [2.05, 4.69) is 17.3 Å². The highest BCUT2D eigenvalue weighted by Crippen LogP contribution is 2.17. The first kappa shape index (κ1) is 12.6. The summed E-state index contributed by atoms with van der Waals surface area (Å²) in [6.45, 7) is 2.07. The number of nitrogens with one attached hydrogen (secondary N) is 1. The number of hydrogen-bond acceptors (Lipinski definition) is 2. The van der Waals surface area contributed by atoms with E-state index in [1.165, 1.54) is 16.4 Å². The molecule has 2 aromatic rings. The summed E-state index contributed by atoms with van der Waals surface area (Å²) in [5.41, 5.74) is 2.29. The second kappa shape index (κ2) is 5.23. The van der Waals surface area contributed by atoms with E-state index in [1.807, 2.05) is 24.3 Å². The maximum Gasteiger partial charge on any atom is 0.275 e. The Morgan fingerprint density at radius 1 is 1.50 bits per heavy atom. The molecule has 0 bridgehead atoms. The Bertz CT molecular complexity index is 558. The van der Waals surface area contributed by atoms with Gasteiger partial charge in [0, 0.05) is 12.7 Å². The Morgan fingerprint density at radius 2 is 2.28 bits per heavy atom. The molecule has 0 aliphatic carbocycles. The predicted molar refractivity (Wildman–Crippen MR) is 72.0 cm³/mol. The molecule has 2 rings (SSSR count). The number of rotatable bonds is 3. The van der Waals surface area contributed by atoms with Crippen LogP contribution in [0.5, 0.6) is 0 Å². The molecule has 1 aromatic carbocycles. The van der Waals surface area contributed by atoms with Crippen LogP contribution in [0, 0.1) is 0 Å². The molecule has 0 unspecified atom stereocenters. The molecule has 0 atom stereocenters. The molecule has 0 spiro atoms. The first-order valence-corrected chi connectivity index (χ1v) is 6.07. The van der Waals surface area contributed by atoms with Gasteiger partial charge < -0.3 is 5.32 Å². The van der Waals surface area contributed by atoms with Gasteiger partial charge in [0.2, 0.25) is 0 Å². The topological polar surface area (TPSA) is 46.9 Å². The minimum absolute atomic E-state index is 0.256. The highest BCUT2D eigenvalue weighted by molar-refractivity contribution is 6.34. The zero-order valence-electron chi connectivity index (χ0n) is 10.3. The molecule has 1 N–H and O–H groups in total. The molecule has 5 heteroatoms. The van der Waals surface area contributed by atoms with E-state index in [0.29, 0.717) is 10.7 Å². The van der Waals surface area contributed by atoms with Crippen LogP contribution >= 0.6 is 11.6 Å². The normalized spacial score (nSPS) is 10.4. The highest BCUT2D eigenvalue weighted by atomic mass is 35.5. The molecule has 4 nitrogen and oxygen atoms in total. The van der Waals surface area contributed by atoms with E-state index in [4.69, 9.17) is 11.6 Å². The van der Waals surface area contributed by atoms with Crippen molar-refractivity contribution in [3.63, 3.8) is 0 Å². The molecule has 0 saturated heterocycles. The van der Waals surface area contributed by atoms with Gasteiger partial charge >= 0.3 is 0 Å². The number of aryl methyl sites for hydroxylation is 2. The van der Waals surface area contributed by atoms with E-state index in [1.54, 1.807) is 7.05 Å². The Kier molecular flexibility index (Phi) is 3.67. The lowest BCUT2D eigenvalue weighted by atomic mass is 10.1. The van der Waals surface area contributed by atoms with E-state index in [9.17, 15) is 4.79 Å². The molecule has 1 heterocycles. The van der Waals surface area contributed by atoms with Crippen molar-refractivity contribution in [2.45, 2.75) is 13.3 Å². The summed E-state index contributed by atoms with van der Waals surface area (Å²) in [6.07, 6.45) is 2.38. The first-order valence-electron chi connectivity index (χ1n) is 5.69. The molecule has 0 radical (unpaired) electrons. The van der Waals surface area contributed by atoms with Crippen LogP contribution in [0.15, 0.2) is 30.5 Å². The lowest BCUT2D eigenvalue weighted by Gasteiger charge is -2.07. The summed E-state index contributed by atoms with van der Waals surface area (Å²) >= 11 is 5.92. The van der Waals surface area contributed by atoms with Gasteiger partial charge in [0.25, 0.3) is 5.91 Å². The third-order valence-corrected chi connectivity index (χ3v) is 2.98. The minimum Gasteiger partial charge on any atom is -0.321 e. The van der Waals surface area contributed by atoms with Crippen LogP contribution in [0.4, 0.5) is 5.69 Å². The van der Waals surface area contributed by atoms with Crippen LogP contribution in [0.1, 0.15) is 23.0 Å². The van der Waals surface area contributed by atoms with E-state index >= 15 is 0 Å². The summed E-state index contributed by atoms with van der Waals surface area (Å²) in [5, 5.41) is 7.10. The lowest BCUT2D eigenvalue weighted by Crippen LogP contribution is -2.16. The summed E-state index contributed by atoms with van der Waals surface area (Å²) in [4.78, 5) is 12.1. The third kappa shape index (κ3) is 2.54. The standard InChI is InChI=1S/C13H14ClN3O/c1-3-9-5-4-6-10(7-9)16-13(18)12-11(14)8-15-17(12)2/h4-8H,3H2,1-2H3,(H,16,18). The van der Waals surface area contributed by atoms with Gasteiger partial charge in [-0.25, -0.2) is 0 Å². The average Bonchev–Trinajstić information content (AvgIpc) is 2.69. The number of hydrogen-bond donors (Lipinski definition) is 1. The maximum atomic E-state index is 12.1. The Hall–Kier alpha value is -1.81. The van der Waals surface area contributed by atoms with E-state index in [0.717, 1.165) is 12.1 Å². The monoisotopic (exact) mass is 263 g/mol. The fourth-order valence-corrected chi connectivity index (χ4v) is 1.98. The quantitative estimate of drug-likeness (QED) is 0.926. The van der Waals surface area contributed by atoms with Crippen molar-refractivity contribution in [2.75, 3.05) is 5.32 Å². The lowest BCUT2D eigenvalue weighted by molar-refractivity contribution is 0.101. The summed E-state index contributed by atoms with van der Waals surface area (Å²) < 4.78 is 1.46. The van der Waals surface area contributed by atoms with Gasteiger partial charge in [0.05, 0.1) is 11.2 Å². The molecule has 0 saturated carbocycles. The van der Waals surface area contributed by atoms with Crippen LogP contribution in [-0.2, 0) is 13.5 Å². The van der Waals surface area contributed by atoms with Crippen molar-refractivity contribution in [1.29, 1.82) is 0 Å². The van der Waals surface area contributed by atoms with Crippen LogP contribution < -0.4 is 5.32 Å². The number of halogens is 1. The Morgan fingerprint density at radius 3 is 2.89 bits per heavy atom. The van der Waals surface area contributed by atoms with Crippen LogP contribution in [0.2, 0.25) is 5.02 Å². The van der Waals surface area contributed by atoms with Crippen molar-refractivity contribution < 1.29 is 4.79 Å². The van der Waals surface area contributed by atoms with Crippen molar-refractivity contribution in [1.82, 2.24) is 9.78 Å². The second-order valence-corrected chi connectivity index (χ2v) is 4.38. The third-order valence-electron chi connectivity index (χ3n) is 2.70. The van der Waals surface area contributed by atoms with Gasteiger partial charge in [-0.3, -0.25) is 9.48 Å². The van der Waals surface area contributed by atoms with Crippen LogP contribution in [0.3, 0.4) is 0 Å². The SMILES string of the molecule is CCc1cccc(NC(=O)c2c(Cl)cnn2C)c1. The van der Waals surface area contributed by atoms with Crippen molar-refractivity contribution in [3.05, 3.63) is 46.7 Å². The fraction of sp³-hybridized carbons (Fsp3) is 0.231. The summed E-state index contributed by atoms with van der Waals surface area (Å²) in [5.74, 6) is -0.256. The van der Waals surface area contributed by atoms with Crippen molar-refractivity contribution in [3.8, 4) is 0 Å². The number of amides is 1. The maximum absolute atomic E-state index is 12.1.